The van der Waals surface area contributed by atoms with Crippen LogP contribution in [0.2, 0.25) is 0 Å². The molecule has 1 aromatic carbocycles. The molecule has 1 unspecified atom stereocenters. The Hall–Kier alpha value is -0.960. The van der Waals surface area contributed by atoms with Crippen molar-refractivity contribution in [2.75, 3.05) is 0 Å². The summed E-state index contributed by atoms with van der Waals surface area (Å²) in [6.07, 6.45) is 2.39. The molecule has 0 radical (unpaired) electrons. The third-order valence-corrected chi connectivity index (χ3v) is 2.08. The fraction of sp³-hybridized carbons (Fsp3) is 0.455. The third kappa shape index (κ3) is 3.42. The summed E-state index contributed by atoms with van der Waals surface area (Å²) in [6.45, 7) is 2.03. The van der Waals surface area contributed by atoms with Crippen molar-refractivity contribution in [3.63, 3.8) is 0 Å². The van der Waals surface area contributed by atoms with Crippen molar-refractivity contribution in [2.45, 2.75) is 32.2 Å². The fourth-order valence-electron chi connectivity index (χ4n) is 1.50. The van der Waals surface area contributed by atoms with Gasteiger partial charge in [-0.2, -0.15) is 0 Å². The standard InChI is InChI=1S/C11H15F2N/c1-2-3-11(14)6-8-4-9(12)7-10(13)5-8/h4-5,7,11H,2-3,6,14H2,1H3. The zero-order valence-corrected chi connectivity index (χ0v) is 8.26. The number of hydrogen-bond acceptors (Lipinski definition) is 1. The number of rotatable bonds is 4. The number of benzene rings is 1. The van der Waals surface area contributed by atoms with Crippen LogP contribution in [0.5, 0.6) is 0 Å². The molecule has 1 nitrogen and oxygen atoms in total. The van der Waals surface area contributed by atoms with Crippen LogP contribution in [0.25, 0.3) is 0 Å². The van der Waals surface area contributed by atoms with Crippen molar-refractivity contribution in [3.05, 3.63) is 35.4 Å². The minimum absolute atomic E-state index is 0.0128. The summed E-state index contributed by atoms with van der Waals surface area (Å²) in [7, 11) is 0. The lowest BCUT2D eigenvalue weighted by Crippen LogP contribution is -2.22. The van der Waals surface area contributed by atoms with Gasteiger partial charge in [0.15, 0.2) is 0 Å². The molecule has 0 fully saturated rings. The highest BCUT2D eigenvalue weighted by Crippen LogP contribution is 2.11. The molecule has 14 heavy (non-hydrogen) atoms. The Morgan fingerprint density at radius 2 is 1.79 bits per heavy atom. The molecule has 2 N–H and O–H groups in total. The summed E-state index contributed by atoms with van der Waals surface area (Å²) in [5, 5.41) is 0. The van der Waals surface area contributed by atoms with Crippen molar-refractivity contribution < 1.29 is 8.78 Å². The molecule has 0 aliphatic heterocycles. The van der Waals surface area contributed by atoms with Gasteiger partial charge < -0.3 is 5.73 Å². The lowest BCUT2D eigenvalue weighted by molar-refractivity contribution is 0.566. The monoisotopic (exact) mass is 199 g/mol. The molecule has 78 valence electrons. The summed E-state index contributed by atoms with van der Waals surface area (Å²) in [5.74, 6) is -1.08. The van der Waals surface area contributed by atoms with Crippen LogP contribution < -0.4 is 5.73 Å². The molecule has 0 saturated heterocycles. The van der Waals surface area contributed by atoms with Gasteiger partial charge in [-0.3, -0.25) is 0 Å². The second-order valence-electron chi connectivity index (χ2n) is 3.53. The SMILES string of the molecule is CCCC(N)Cc1cc(F)cc(F)c1. The van der Waals surface area contributed by atoms with E-state index in [4.69, 9.17) is 5.73 Å². The normalized spacial score (nSPS) is 12.9. The second kappa shape index (κ2) is 5.05. The fourth-order valence-corrected chi connectivity index (χ4v) is 1.50. The Balaban J connectivity index is 2.66. The van der Waals surface area contributed by atoms with E-state index in [1.807, 2.05) is 6.92 Å². The van der Waals surface area contributed by atoms with Gasteiger partial charge in [0.05, 0.1) is 0 Å². The molecule has 0 aliphatic carbocycles. The van der Waals surface area contributed by atoms with Crippen LogP contribution in [0.1, 0.15) is 25.3 Å². The molecule has 0 bridgehead atoms. The largest absolute Gasteiger partial charge is 0.327 e. The maximum atomic E-state index is 12.8. The van der Waals surface area contributed by atoms with Crippen molar-refractivity contribution in [1.82, 2.24) is 0 Å². The van der Waals surface area contributed by atoms with Crippen molar-refractivity contribution >= 4 is 0 Å². The van der Waals surface area contributed by atoms with Gasteiger partial charge in [0.2, 0.25) is 0 Å². The molecule has 0 amide bonds. The van der Waals surface area contributed by atoms with Gasteiger partial charge in [-0.05, 0) is 30.5 Å². The highest BCUT2D eigenvalue weighted by atomic mass is 19.1. The predicted molar refractivity (Wildman–Crippen MR) is 52.9 cm³/mol. The summed E-state index contributed by atoms with van der Waals surface area (Å²) in [5.41, 5.74) is 6.40. The number of hydrogen-bond donors (Lipinski definition) is 1. The predicted octanol–water partition coefficient (Wildman–Crippen LogP) is 2.63. The van der Waals surface area contributed by atoms with Crippen molar-refractivity contribution in [2.24, 2.45) is 5.73 Å². The first kappa shape index (κ1) is 11.1. The molecular formula is C11H15F2N. The molecule has 1 atom stereocenters. The average molecular weight is 199 g/mol. The quantitative estimate of drug-likeness (QED) is 0.792. The third-order valence-electron chi connectivity index (χ3n) is 2.08. The highest BCUT2D eigenvalue weighted by Gasteiger charge is 2.05. The van der Waals surface area contributed by atoms with Crippen molar-refractivity contribution in [3.8, 4) is 0 Å². The first-order chi connectivity index (χ1) is 6.61. The first-order valence-electron chi connectivity index (χ1n) is 4.82. The van der Waals surface area contributed by atoms with Crippen molar-refractivity contribution in [1.29, 1.82) is 0 Å². The lowest BCUT2D eigenvalue weighted by atomic mass is 10.0. The smallest absolute Gasteiger partial charge is 0.126 e. The van der Waals surface area contributed by atoms with Gasteiger partial charge in [0.1, 0.15) is 11.6 Å². The minimum Gasteiger partial charge on any atom is -0.327 e. The minimum atomic E-state index is -0.538. The maximum absolute atomic E-state index is 12.8. The van der Waals surface area contributed by atoms with Crippen LogP contribution in [0.4, 0.5) is 8.78 Å². The van der Waals surface area contributed by atoms with E-state index in [2.05, 4.69) is 0 Å². The van der Waals surface area contributed by atoms with Crippen LogP contribution in [0.3, 0.4) is 0 Å². The molecule has 0 heterocycles. The highest BCUT2D eigenvalue weighted by molar-refractivity contribution is 5.18. The lowest BCUT2D eigenvalue weighted by Gasteiger charge is -2.10. The summed E-state index contributed by atoms with van der Waals surface area (Å²) >= 11 is 0. The number of halogens is 2. The van der Waals surface area contributed by atoms with E-state index in [0.29, 0.717) is 12.0 Å². The van der Waals surface area contributed by atoms with E-state index in [-0.39, 0.29) is 6.04 Å². The van der Waals surface area contributed by atoms with Gasteiger partial charge >= 0.3 is 0 Å². The Morgan fingerprint density at radius 1 is 1.21 bits per heavy atom. The molecule has 0 saturated carbocycles. The Morgan fingerprint density at radius 3 is 2.29 bits per heavy atom. The Bertz CT molecular complexity index is 279. The summed E-state index contributed by atoms with van der Waals surface area (Å²) in [4.78, 5) is 0. The van der Waals surface area contributed by atoms with Gasteiger partial charge in [-0.1, -0.05) is 13.3 Å². The molecule has 1 rings (SSSR count). The number of nitrogens with two attached hydrogens (primary N) is 1. The zero-order chi connectivity index (χ0) is 10.6. The van der Waals surface area contributed by atoms with E-state index in [1.54, 1.807) is 0 Å². The maximum Gasteiger partial charge on any atom is 0.126 e. The molecule has 0 aromatic heterocycles. The van der Waals surface area contributed by atoms with E-state index in [1.165, 1.54) is 12.1 Å². The Kier molecular flexibility index (Phi) is 4.01. The molecule has 0 aliphatic rings. The summed E-state index contributed by atoms with van der Waals surface area (Å²) < 4.78 is 25.6. The molecule has 3 heteroatoms. The molecule has 1 aromatic rings. The van der Waals surface area contributed by atoms with E-state index >= 15 is 0 Å². The Labute approximate surface area is 82.9 Å². The zero-order valence-electron chi connectivity index (χ0n) is 8.26. The van der Waals surface area contributed by atoms with E-state index in [0.717, 1.165) is 18.9 Å². The average Bonchev–Trinajstić information content (AvgIpc) is 2.01. The van der Waals surface area contributed by atoms with Crippen LogP contribution in [-0.4, -0.2) is 6.04 Å². The van der Waals surface area contributed by atoms with E-state index < -0.39 is 11.6 Å². The first-order valence-corrected chi connectivity index (χ1v) is 4.82. The summed E-state index contributed by atoms with van der Waals surface area (Å²) in [6, 6.07) is 3.52. The molecular weight excluding hydrogens is 184 g/mol. The van der Waals surface area contributed by atoms with Gasteiger partial charge in [-0.15, -0.1) is 0 Å². The molecule has 0 spiro atoms. The van der Waals surface area contributed by atoms with Crippen LogP contribution in [0, 0.1) is 11.6 Å². The second-order valence-corrected chi connectivity index (χ2v) is 3.53. The van der Waals surface area contributed by atoms with Gasteiger partial charge in [-0.25, -0.2) is 8.78 Å². The van der Waals surface area contributed by atoms with E-state index in [9.17, 15) is 8.78 Å². The van der Waals surface area contributed by atoms with Crippen LogP contribution >= 0.6 is 0 Å². The van der Waals surface area contributed by atoms with Crippen LogP contribution in [0.15, 0.2) is 18.2 Å². The topological polar surface area (TPSA) is 26.0 Å². The van der Waals surface area contributed by atoms with Gasteiger partial charge in [0, 0.05) is 12.1 Å². The van der Waals surface area contributed by atoms with Gasteiger partial charge in [0.25, 0.3) is 0 Å². The van der Waals surface area contributed by atoms with Crippen LogP contribution in [-0.2, 0) is 6.42 Å².